The van der Waals surface area contributed by atoms with Crippen molar-refractivity contribution < 1.29 is 4.79 Å². The highest BCUT2D eigenvalue weighted by atomic mass is 16.1. The molecule has 0 spiro atoms. The third-order valence-electron chi connectivity index (χ3n) is 3.20. The van der Waals surface area contributed by atoms with Crippen LogP contribution in [0.4, 0.5) is 17.1 Å². The number of hydrogen-bond donors (Lipinski definition) is 3. The van der Waals surface area contributed by atoms with E-state index in [0.717, 1.165) is 10.9 Å². The Kier molecular flexibility index (Phi) is 3.16. The summed E-state index contributed by atoms with van der Waals surface area (Å²) in [5.41, 5.74) is 14.1. The predicted octanol–water partition coefficient (Wildman–Crippen LogP) is 2.65. The van der Waals surface area contributed by atoms with Crippen molar-refractivity contribution in [2.75, 3.05) is 16.8 Å². The standard InChI is InChI=1S/C16H14N4O/c17-11-6-7-12(13(18)9-11)16(21)20-14-5-1-3-10-4-2-8-19-15(10)14/h1-9H,17-18H2,(H,20,21). The van der Waals surface area contributed by atoms with Crippen molar-refractivity contribution in [2.24, 2.45) is 0 Å². The summed E-state index contributed by atoms with van der Waals surface area (Å²) in [6, 6.07) is 14.2. The number of nitrogens with zero attached hydrogens (tertiary/aromatic N) is 1. The third-order valence-corrected chi connectivity index (χ3v) is 3.20. The summed E-state index contributed by atoms with van der Waals surface area (Å²) < 4.78 is 0. The molecule has 2 aromatic carbocycles. The van der Waals surface area contributed by atoms with Crippen molar-refractivity contribution in [1.82, 2.24) is 4.98 Å². The number of para-hydroxylation sites is 1. The molecule has 3 rings (SSSR count). The summed E-state index contributed by atoms with van der Waals surface area (Å²) in [5, 5.41) is 3.80. The van der Waals surface area contributed by atoms with Crippen LogP contribution >= 0.6 is 0 Å². The van der Waals surface area contributed by atoms with E-state index in [9.17, 15) is 4.79 Å². The molecular formula is C16H14N4O. The molecule has 5 nitrogen and oxygen atoms in total. The van der Waals surface area contributed by atoms with Gasteiger partial charge in [-0.15, -0.1) is 0 Å². The van der Waals surface area contributed by atoms with Gasteiger partial charge in [0.25, 0.3) is 5.91 Å². The van der Waals surface area contributed by atoms with E-state index < -0.39 is 0 Å². The number of hydrogen-bond acceptors (Lipinski definition) is 4. The number of carbonyl (C=O) groups is 1. The molecule has 0 aliphatic heterocycles. The van der Waals surface area contributed by atoms with Crippen LogP contribution in [-0.4, -0.2) is 10.9 Å². The normalized spacial score (nSPS) is 10.5. The first-order chi connectivity index (χ1) is 10.1. The maximum Gasteiger partial charge on any atom is 0.257 e. The molecule has 0 fully saturated rings. The van der Waals surface area contributed by atoms with E-state index in [1.807, 2.05) is 24.3 Å². The van der Waals surface area contributed by atoms with Crippen molar-refractivity contribution in [3.05, 3.63) is 60.3 Å². The molecule has 1 aromatic heterocycles. The number of pyridine rings is 1. The summed E-state index contributed by atoms with van der Waals surface area (Å²) in [6.45, 7) is 0. The highest BCUT2D eigenvalue weighted by molar-refractivity contribution is 6.11. The average molecular weight is 278 g/mol. The van der Waals surface area contributed by atoms with Crippen LogP contribution in [0.15, 0.2) is 54.7 Å². The first-order valence-corrected chi connectivity index (χ1v) is 6.45. The number of rotatable bonds is 2. The maximum absolute atomic E-state index is 12.3. The molecule has 0 aliphatic carbocycles. The molecular weight excluding hydrogens is 264 g/mol. The van der Waals surface area contributed by atoms with Crippen LogP contribution in [0.25, 0.3) is 10.9 Å². The zero-order valence-corrected chi connectivity index (χ0v) is 11.2. The van der Waals surface area contributed by atoms with Gasteiger partial charge in [-0.05, 0) is 30.3 Å². The number of aromatic nitrogens is 1. The van der Waals surface area contributed by atoms with E-state index in [4.69, 9.17) is 11.5 Å². The average Bonchev–Trinajstić information content (AvgIpc) is 2.47. The fourth-order valence-corrected chi connectivity index (χ4v) is 2.18. The number of benzene rings is 2. The van der Waals surface area contributed by atoms with Gasteiger partial charge in [0.15, 0.2) is 0 Å². The Balaban J connectivity index is 1.97. The Morgan fingerprint density at radius 1 is 1.05 bits per heavy atom. The monoisotopic (exact) mass is 278 g/mol. The Bertz CT molecular complexity index is 824. The molecule has 1 amide bonds. The first kappa shape index (κ1) is 12.9. The molecule has 5 N–H and O–H groups in total. The number of nitrogens with two attached hydrogens (primary N) is 2. The molecule has 1 heterocycles. The van der Waals surface area contributed by atoms with Crippen molar-refractivity contribution >= 4 is 33.9 Å². The largest absolute Gasteiger partial charge is 0.399 e. The summed E-state index contributed by atoms with van der Waals surface area (Å²) >= 11 is 0. The van der Waals surface area contributed by atoms with Crippen molar-refractivity contribution in [1.29, 1.82) is 0 Å². The second-order valence-electron chi connectivity index (χ2n) is 4.68. The number of carbonyl (C=O) groups excluding carboxylic acids is 1. The Morgan fingerprint density at radius 3 is 2.67 bits per heavy atom. The van der Waals surface area contributed by atoms with Crippen LogP contribution in [0, 0.1) is 0 Å². The second kappa shape index (κ2) is 5.13. The molecule has 0 saturated heterocycles. The summed E-state index contributed by atoms with van der Waals surface area (Å²) in [6.07, 6.45) is 1.69. The van der Waals surface area contributed by atoms with E-state index in [1.54, 1.807) is 30.5 Å². The highest BCUT2D eigenvalue weighted by Gasteiger charge is 2.12. The zero-order valence-electron chi connectivity index (χ0n) is 11.2. The van der Waals surface area contributed by atoms with E-state index in [-0.39, 0.29) is 5.91 Å². The van der Waals surface area contributed by atoms with E-state index in [2.05, 4.69) is 10.3 Å². The SMILES string of the molecule is Nc1ccc(C(=O)Nc2cccc3cccnc23)c(N)c1. The predicted molar refractivity (Wildman–Crippen MR) is 85.0 cm³/mol. The van der Waals surface area contributed by atoms with Crippen LogP contribution < -0.4 is 16.8 Å². The fraction of sp³-hybridized carbons (Fsp3) is 0. The van der Waals surface area contributed by atoms with E-state index >= 15 is 0 Å². The number of nitrogens with one attached hydrogen (secondary N) is 1. The lowest BCUT2D eigenvalue weighted by Crippen LogP contribution is -2.14. The lowest BCUT2D eigenvalue weighted by atomic mass is 10.1. The van der Waals surface area contributed by atoms with Gasteiger partial charge in [-0.25, -0.2) is 0 Å². The van der Waals surface area contributed by atoms with Crippen LogP contribution in [0.5, 0.6) is 0 Å². The summed E-state index contributed by atoms with van der Waals surface area (Å²) in [7, 11) is 0. The zero-order chi connectivity index (χ0) is 14.8. The Morgan fingerprint density at radius 2 is 1.86 bits per heavy atom. The van der Waals surface area contributed by atoms with Gasteiger partial charge < -0.3 is 16.8 Å². The fourth-order valence-electron chi connectivity index (χ4n) is 2.18. The van der Waals surface area contributed by atoms with Gasteiger partial charge >= 0.3 is 0 Å². The van der Waals surface area contributed by atoms with Crippen LogP contribution in [0.3, 0.4) is 0 Å². The third kappa shape index (κ3) is 2.49. The van der Waals surface area contributed by atoms with Crippen LogP contribution in [0.1, 0.15) is 10.4 Å². The molecule has 5 heteroatoms. The van der Waals surface area contributed by atoms with Crippen molar-refractivity contribution in [2.45, 2.75) is 0 Å². The molecule has 0 unspecified atom stereocenters. The van der Waals surface area contributed by atoms with Gasteiger partial charge in [0.1, 0.15) is 0 Å². The Labute approximate surface area is 121 Å². The van der Waals surface area contributed by atoms with Crippen molar-refractivity contribution in [3.8, 4) is 0 Å². The number of nitrogen functional groups attached to an aromatic ring is 2. The van der Waals surface area contributed by atoms with Crippen molar-refractivity contribution in [3.63, 3.8) is 0 Å². The minimum Gasteiger partial charge on any atom is -0.399 e. The topological polar surface area (TPSA) is 94.0 Å². The van der Waals surface area contributed by atoms with Crippen LogP contribution in [-0.2, 0) is 0 Å². The maximum atomic E-state index is 12.3. The first-order valence-electron chi connectivity index (χ1n) is 6.45. The molecule has 0 atom stereocenters. The van der Waals surface area contributed by atoms with Gasteiger partial charge in [0.05, 0.1) is 16.8 Å². The smallest absolute Gasteiger partial charge is 0.257 e. The van der Waals surface area contributed by atoms with Gasteiger partial charge in [-0.3, -0.25) is 9.78 Å². The lowest BCUT2D eigenvalue weighted by molar-refractivity contribution is 0.102. The van der Waals surface area contributed by atoms with Gasteiger partial charge in [-0.2, -0.15) is 0 Å². The minimum atomic E-state index is -0.286. The second-order valence-corrected chi connectivity index (χ2v) is 4.68. The number of fused-ring (bicyclic) bond motifs is 1. The van der Waals surface area contributed by atoms with Gasteiger partial charge in [0, 0.05) is 23.0 Å². The molecule has 21 heavy (non-hydrogen) atoms. The molecule has 0 bridgehead atoms. The molecule has 0 saturated carbocycles. The lowest BCUT2D eigenvalue weighted by Gasteiger charge is -2.10. The molecule has 0 radical (unpaired) electrons. The molecule has 104 valence electrons. The summed E-state index contributed by atoms with van der Waals surface area (Å²) in [4.78, 5) is 16.6. The highest BCUT2D eigenvalue weighted by Crippen LogP contribution is 2.23. The van der Waals surface area contributed by atoms with E-state index in [0.29, 0.717) is 22.6 Å². The van der Waals surface area contributed by atoms with E-state index in [1.165, 1.54) is 0 Å². The molecule has 0 aliphatic rings. The van der Waals surface area contributed by atoms with Gasteiger partial charge in [0.2, 0.25) is 0 Å². The van der Waals surface area contributed by atoms with Crippen LogP contribution in [0.2, 0.25) is 0 Å². The number of amides is 1. The molecule has 3 aromatic rings. The Hall–Kier alpha value is -3.08. The quantitative estimate of drug-likeness (QED) is 0.628. The van der Waals surface area contributed by atoms with Gasteiger partial charge in [-0.1, -0.05) is 18.2 Å². The minimum absolute atomic E-state index is 0.286. The number of anilines is 3. The summed E-state index contributed by atoms with van der Waals surface area (Å²) in [5.74, 6) is -0.286.